The summed E-state index contributed by atoms with van der Waals surface area (Å²) in [5, 5.41) is 8.40. The van der Waals surface area contributed by atoms with Crippen molar-refractivity contribution in [3.05, 3.63) is 58.9 Å². The van der Waals surface area contributed by atoms with Gasteiger partial charge in [0, 0.05) is 17.1 Å². The molecule has 0 N–H and O–H groups in total. The van der Waals surface area contributed by atoms with Gasteiger partial charge in [-0.15, -0.1) is 0 Å². The molecule has 0 unspecified atom stereocenters. The fourth-order valence-electron chi connectivity index (χ4n) is 1.53. The van der Waals surface area contributed by atoms with Crippen molar-refractivity contribution < 1.29 is 0 Å². The van der Waals surface area contributed by atoms with Crippen molar-refractivity contribution in [3.63, 3.8) is 0 Å². The summed E-state index contributed by atoms with van der Waals surface area (Å²) < 4.78 is 0. The van der Waals surface area contributed by atoms with Crippen LogP contribution in [0.25, 0.3) is 0 Å². The fourth-order valence-corrected chi connectivity index (χ4v) is 1.72. The smallest absolute Gasteiger partial charge is 0.0534 e. The first-order valence-electron chi connectivity index (χ1n) is 4.79. The standard InChI is InChI=1S/C12H11ClN2/c1-9(11-5-6-14-15-8-11)10-3-2-4-12(13)7-10/h2-9H,1H3/t9-/m0/s1. The van der Waals surface area contributed by atoms with Crippen LogP contribution in [-0.2, 0) is 0 Å². The van der Waals surface area contributed by atoms with E-state index in [1.165, 1.54) is 5.56 Å². The van der Waals surface area contributed by atoms with Crippen LogP contribution in [-0.4, -0.2) is 10.2 Å². The summed E-state index contributed by atoms with van der Waals surface area (Å²) in [4.78, 5) is 0. The molecule has 1 heterocycles. The second-order valence-corrected chi connectivity index (χ2v) is 3.89. The Balaban J connectivity index is 2.32. The molecule has 1 atom stereocenters. The van der Waals surface area contributed by atoms with Crippen LogP contribution in [0.2, 0.25) is 5.02 Å². The third-order valence-electron chi connectivity index (χ3n) is 2.46. The number of halogens is 1. The van der Waals surface area contributed by atoms with Crippen LogP contribution in [0.15, 0.2) is 42.7 Å². The first-order valence-corrected chi connectivity index (χ1v) is 5.17. The van der Waals surface area contributed by atoms with Crippen LogP contribution in [0.3, 0.4) is 0 Å². The summed E-state index contributed by atoms with van der Waals surface area (Å²) >= 11 is 5.95. The topological polar surface area (TPSA) is 25.8 Å². The Morgan fingerprint density at radius 3 is 2.67 bits per heavy atom. The molecular weight excluding hydrogens is 208 g/mol. The fraction of sp³-hybridized carbons (Fsp3) is 0.167. The van der Waals surface area contributed by atoms with Crippen molar-refractivity contribution in [2.75, 3.05) is 0 Å². The molecule has 0 amide bonds. The van der Waals surface area contributed by atoms with E-state index in [4.69, 9.17) is 11.6 Å². The second kappa shape index (κ2) is 4.41. The van der Waals surface area contributed by atoms with Crippen LogP contribution in [0.4, 0.5) is 0 Å². The summed E-state index contributed by atoms with van der Waals surface area (Å²) in [6.45, 7) is 2.13. The zero-order valence-electron chi connectivity index (χ0n) is 8.39. The lowest BCUT2D eigenvalue weighted by Crippen LogP contribution is -1.97. The van der Waals surface area contributed by atoms with Gasteiger partial charge in [0.15, 0.2) is 0 Å². The maximum atomic E-state index is 5.95. The molecule has 1 aromatic carbocycles. The molecule has 1 aromatic heterocycles. The second-order valence-electron chi connectivity index (χ2n) is 3.45. The van der Waals surface area contributed by atoms with Gasteiger partial charge in [-0.3, -0.25) is 0 Å². The Kier molecular flexibility index (Phi) is 2.97. The third kappa shape index (κ3) is 2.34. The number of nitrogens with zero attached hydrogens (tertiary/aromatic N) is 2. The minimum atomic E-state index is 0.291. The summed E-state index contributed by atoms with van der Waals surface area (Å²) in [5.41, 5.74) is 2.34. The van der Waals surface area contributed by atoms with Crippen LogP contribution >= 0.6 is 11.6 Å². The molecular formula is C12H11ClN2. The zero-order chi connectivity index (χ0) is 10.7. The molecule has 2 rings (SSSR count). The van der Waals surface area contributed by atoms with E-state index in [0.717, 1.165) is 10.6 Å². The molecule has 0 aliphatic rings. The average molecular weight is 219 g/mol. The Bertz CT molecular complexity index is 442. The largest absolute Gasteiger partial charge is 0.159 e. The normalized spacial score (nSPS) is 12.4. The lowest BCUT2D eigenvalue weighted by Gasteiger charge is -2.11. The molecule has 0 aliphatic heterocycles. The molecule has 3 heteroatoms. The van der Waals surface area contributed by atoms with Crippen LogP contribution in [0.1, 0.15) is 24.0 Å². The van der Waals surface area contributed by atoms with E-state index >= 15 is 0 Å². The minimum absolute atomic E-state index is 0.291. The molecule has 2 nitrogen and oxygen atoms in total. The number of benzene rings is 1. The van der Waals surface area contributed by atoms with Gasteiger partial charge in [-0.1, -0.05) is 30.7 Å². The van der Waals surface area contributed by atoms with Crippen molar-refractivity contribution in [2.24, 2.45) is 0 Å². The van der Waals surface area contributed by atoms with Crippen molar-refractivity contribution in [1.29, 1.82) is 0 Å². The van der Waals surface area contributed by atoms with Gasteiger partial charge in [0.05, 0.1) is 6.20 Å². The van der Waals surface area contributed by atoms with E-state index in [2.05, 4.69) is 23.2 Å². The van der Waals surface area contributed by atoms with E-state index in [9.17, 15) is 0 Å². The van der Waals surface area contributed by atoms with Gasteiger partial charge in [0.25, 0.3) is 0 Å². The quantitative estimate of drug-likeness (QED) is 0.773. The molecule has 0 radical (unpaired) electrons. The maximum absolute atomic E-state index is 5.95. The lowest BCUT2D eigenvalue weighted by molar-refractivity contribution is 0.885. The summed E-state index contributed by atoms with van der Waals surface area (Å²) in [6, 6.07) is 9.85. The van der Waals surface area contributed by atoms with Gasteiger partial charge in [0.1, 0.15) is 0 Å². The highest BCUT2D eigenvalue weighted by atomic mass is 35.5. The summed E-state index contributed by atoms with van der Waals surface area (Å²) in [7, 11) is 0. The molecule has 2 aromatic rings. The Morgan fingerprint density at radius 1 is 1.13 bits per heavy atom. The predicted molar refractivity (Wildman–Crippen MR) is 61.0 cm³/mol. The maximum Gasteiger partial charge on any atom is 0.0534 e. The number of hydrogen-bond acceptors (Lipinski definition) is 2. The van der Waals surface area contributed by atoms with Gasteiger partial charge in [-0.2, -0.15) is 10.2 Å². The van der Waals surface area contributed by atoms with E-state index in [1.807, 2.05) is 24.3 Å². The Morgan fingerprint density at radius 2 is 2.00 bits per heavy atom. The molecule has 15 heavy (non-hydrogen) atoms. The van der Waals surface area contributed by atoms with E-state index in [-0.39, 0.29) is 0 Å². The zero-order valence-corrected chi connectivity index (χ0v) is 9.15. The van der Waals surface area contributed by atoms with E-state index in [0.29, 0.717) is 5.92 Å². The van der Waals surface area contributed by atoms with Gasteiger partial charge in [-0.05, 0) is 29.3 Å². The van der Waals surface area contributed by atoms with Crippen molar-refractivity contribution in [1.82, 2.24) is 10.2 Å². The van der Waals surface area contributed by atoms with Gasteiger partial charge >= 0.3 is 0 Å². The summed E-state index contributed by atoms with van der Waals surface area (Å²) in [5.74, 6) is 0.291. The SMILES string of the molecule is C[C@H](c1ccnnc1)c1cccc(Cl)c1. The summed E-state index contributed by atoms with van der Waals surface area (Å²) in [6.07, 6.45) is 3.49. The Hall–Kier alpha value is -1.41. The van der Waals surface area contributed by atoms with Crippen molar-refractivity contribution in [3.8, 4) is 0 Å². The third-order valence-corrected chi connectivity index (χ3v) is 2.69. The van der Waals surface area contributed by atoms with E-state index in [1.54, 1.807) is 12.4 Å². The van der Waals surface area contributed by atoms with Gasteiger partial charge in [-0.25, -0.2) is 0 Å². The highest BCUT2D eigenvalue weighted by Gasteiger charge is 2.08. The molecule has 0 aliphatic carbocycles. The number of aromatic nitrogens is 2. The molecule has 0 fully saturated rings. The molecule has 0 saturated carbocycles. The van der Waals surface area contributed by atoms with Gasteiger partial charge < -0.3 is 0 Å². The first kappa shape index (κ1) is 10.1. The van der Waals surface area contributed by atoms with Crippen LogP contribution < -0.4 is 0 Å². The number of rotatable bonds is 2. The molecule has 0 saturated heterocycles. The van der Waals surface area contributed by atoms with Crippen LogP contribution in [0.5, 0.6) is 0 Å². The monoisotopic (exact) mass is 218 g/mol. The number of hydrogen-bond donors (Lipinski definition) is 0. The first-order chi connectivity index (χ1) is 7.27. The predicted octanol–water partition coefficient (Wildman–Crippen LogP) is 3.28. The highest BCUT2D eigenvalue weighted by Crippen LogP contribution is 2.24. The van der Waals surface area contributed by atoms with Crippen molar-refractivity contribution >= 4 is 11.6 Å². The van der Waals surface area contributed by atoms with Crippen molar-refractivity contribution in [2.45, 2.75) is 12.8 Å². The average Bonchev–Trinajstić information content (AvgIpc) is 2.29. The minimum Gasteiger partial charge on any atom is -0.159 e. The molecule has 0 bridgehead atoms. The van der Waals surface area contributed by atoms with Crippen LogP contribution in [0, 0.1) is 0 Å². The van der Waals surface area contributed by atoms with Gasteiger partial charge in [0.2, 0.25) is 0 Å². The Labute approximate surface area is 93.9 Å². The lowest BCUT2D eigenvalue weighted by atomic mass is 9.95. The molecule has 76 valence electrons. The highest BCUT2D eigenvalue weighted by molar-refractivity contribution is 6.30. The molecule has 0 spiro atoms. The van der Waals surface area contributed by atoms with E-state index < -0.39 is 0 Å².